The van der Waals surface area contributed by atoms with Crippen molar-refractivity contribution in [3.63, 3.8) is 0 Å². The molecular weight excluding hydrogens is 458 g/mol. The Hall–Kier alpha value is -3.15. The number of nitrogens with zero attached hydrogens (tertiary/aromatic N) is 5. The summed E-state index contributed by atoms with van der Waals surface area (Å²) in [6.07, 6.45) is 3.65. The van der Waals surface area contributed by atoms with Crippen LogP contribution in [0.15, 0.2) is 53.4 Å². The second-order valence-corrected chi connectivity index (χ2v) is 8.69. The molecule has 1 saturated heterocycles. The Labute approximate surface area is 188 Å². The van der Waals surface area contributed by atoms with Crippen molar-refractivity contribution in [2.45, 2.75) is 19.6 Å². The fraction of sp³-hybridized carbons (Fsp3) is 0.261. The summed E-state index contributed by atoms with van der Waals surface area (Å²) in [7, 11) is 0. The van der Waals surface area contributed by atoms with E-state index in [1.54, 1.807) is 12.4 Å². The molecule has 156 valence electrons. The van der Waals surface area contributed by atoms with Crippen LogP contribution in [-0.4, -0.2) is 44.9 Å². The lowest BCUT2D eigenvalue weighted by atomic mass is 10.1. The highest BCUT2D eigenvalue weighted by molar-refractivity contribution is 9.10. The third kappa shape index (κ3) is 4.07. The van der Waals surface area contributed by atoms with Crippen LogP contribution in [0.2, 0.25) is 0 Å². The molecular formula is C23H20BrN5O2. The molecule has 0 saturated carbocycles. The first kappa shape index (κ1) is 19.8. The van der Waals surface area contributed by atoms with Crippen LogP contribution in [0.5, 0.6) is 11.5 Å². The van der Waals surface area contributed by atoms with Crippen LogP contribution in [-0.2, 0) is 24.4 Å². The maximum atomic E-state index is 12.8. The van der Waals surface area contributed by atoms with Crippen LogP contribution in [0.3, 0.4) is 0 Å². The van der Waals surface area contributed by atoms with Gasteiger partial charge in [-0.3, -0.25) is 9.69 Å². The highest BCUT2D eigenvalue weighted by Crippen LogP contribution is 2.31. The molecule has 6 bridgehead atoms. The first-order valence-electron chi connectivity index (χ1n) is 10.1. The molecule has 2 aromatic carbocycles. The van der Waals surface area contributed by atoms with Crippen molar-refractivity contribution in [3.8, 4) is 17.6 Å². The number of halogens is 1. The van der Waals surface area contributed by atoms with E-state index >= 15 is 0 Å². The van der Waals surface area contributed by atoms with E-state index in [-0.39, 0.29) is 5.91 Å². The average molecular weight is 478 g/mol. The van der Waals surface area contributed by atoms with Crippen LogP contribution >= 0.6 is 15.9 Å². The zero-order valence-corrected chi connectivity index (χ0v) is 18.4. The maximum Gasteiger partial charge on any atom is 0.237 e. The van der Waals surface area contributed by atoms with Gasteiger partial charge in [-0.1, -0.05) is 22.0 Å². The predicted octanol–water partition coefficient (Wildman–Crippen LogP) is 3.52. The first-order valence-corrected chi connectivity index (χ1v) is 10.9. The van der Waals surface area contributed by atoms with Crippen LogP contribution < -0.4 is 4.74 Å². The molecule has 3 aromatic rings. The number of piperazine rings is 1. The van der Waals surface area contributed by atoms with Gasteiger partial charge in [-0.25, -0.2) is 4.98 Å². The summed E-state index contributed by atoms with van der Waals surface area (Å²) in [6, 6.07) is 13.6. The Morgan fingerprint density at radius 1 is 1.06 bits per heavy atom. The van der Waals surface area contributed by atoms with Crippen molar-refractivity contribution >= 4 is 21.8 Å². The van der Waals surface area contributed by atoms with Crippen molar-refractivity contribution in [1.29, 1.82) is 5.26 Å². The number of imidazole rings is 1. The lowest BCUT2D eigenvalue weighted by Gasteiger charge is -2.34. The van der Waals surface area contributed by atoms with Gasteiger partial charge in [-0.05, 0) is 41.5 Å². The highest BCUT2D eigenvalue weighted by Gasteiger charge is 2.25. The van der Waals surface area contributed by atoms with E-state index in [4.69, 9.17) is 4.74 Å². The summed E-state index contributed by atoms with van der Waals surface area (Å²) in [5.74, 6) is 1.26. The van der Waals surface area contributed by atoms with E-state index < -0.39 is 0 Å². The molecule has 0 spiro atoms. The molecule has 7 nitrogen and oxygen atoms in total. The molecule has 1 amide bonds. The molecule has 0 aliphatic carbocycles. The molecule has 1 atom stereocenters. The molecule has 8 heteroatoms. The summed E-state index contributed by atoms with van der Waals surface area (Å²) in [5, 5.41) is 9.55. The minimum absolute atomic E-state index is 0.111. The van der Waals surface area contributed by atoms with Crippen molar-refractivity contribution < 1.29 is 9.53 Å². The third-order valence-electron chi connectivity index (χ3n) is 5.71. The smallest absolute Gasteiger partial charge is 0.237 e. The Kier molecular flexibility index (Phi) is 5.22. The van der Waals surface area contributed by atoms with Gasteiger partial charge in [0.15, 0.2) is 0 Å². The minimum Gasteiger partial charge on any atom is -0.456 e. The molecule has 0 N–H and O–H groups in total. The topological polar surface area (TPSA) is 74.4 Å². The molecule has 4 heterocycles. The SMILES string of the molecule is N#Cc1ccc2cc1Oc1ccc(Br)c(c1)CN1CCN(CC1=O)Cc1cncn1C2. The number of nitriles is 1. The number of aromatic nitrogens is 2. The zero-order valence-electron chi connectivity index (χ0n) is 16.8. The summed E-state index contributed by atoms with van der Waals surface area (Å²) in [4.78, 5) is 21.2. The number of ether oxygens (including phenoxy) is 1. The summed E-state index contributed by atoms with van der Waals surface area (Å²) >= 11 is 3.60. The summed E-state index contributed by atoms with van der Waals surface area (Å²) in [6.45, 7) is 3.65. The fourth-order valence-corrected chi connectivity index (χ4v) is 4.39. The number of rotatable bonds is 0. The van der Waals surface area contributed by atoms with Gasteiger partial charge < -0.3 is 14.2 Å². The predicted molar refractivity (Wildman–Crippen MR) is 117 cm³/mol. The lowest BCUT2D eigenvalue weighted by Crippen LogP contribution is -2.49. The lowest BCUT2D eigenvalue weighted by molar-refractivity contribution is -0.136. The summed E-state index contributed by atoms with van der Waals surface area (Å²) in [5.41, 5.74) is 3.51. The Bertz CT molecular complexity index is 1200. The molecule has 1 fully saturated rings. The maximum absolute atomic E-state index is 12.8. The monoisotopic (exact) mass is 477 g/mol. The fourth-order valence-electron chi connectivity index (χ4n) is 4.02. The van der Waals surface area contributed by atoms with Crippen LogP contribution in [0.1, 0.15) is 22.4 Å². The Morgan fingerprint density at radius 3 is 2.81 bits per heavy atom. The number of fused-ring (bicyclic) bond motifs is 2. The minimum atomic E-state index is 0.111. The quantitative estimate of drug-likeness (QED) is 0.495. The van der Waals surface area contributed by atoms with Gasteiger partial charge in [-0.15, -0.1) is 0 Å². The van der Waals surface area contributed by atoms with Gasteiger partial charge in [0.2, 0.25) is 5.91 Å². The van der Waals surface area contributed by atoms with E-state index in [9.17, 15) is 10.1 Å². The average Bonchev–Trinajstić information content (AvgIpc) is 3.18. The molecule has 1 aromatic heterocycles. The normalized spacial score (nSPS) is 18.3. The first-order chi connectivity index (χ1) is 15.1. The van der Waals surface area contributed by atoms with Gasteiger partial charge in [0.05, 0.1) is 24.1 Å². The van der Waals surface area contributed by atoms with Gasteiger partial charge in [0.1, 0.15) is 17.6 Å². The van der Waals surface area contributed by atoms with Crippen molar-refractivity contribution in [2.24, 2.45) is 0 Å². The Balaban J connectivity index is 1.59. The molecule has 3 aliphatic rings. The van der Waals surface area contributed by atoms with E-state index in [1.807, 2.05) is 41.4 Å². The van der Waals surface area contributed by atoms with E-state index in [0.29, 0.717) is 49.8 Å². The number of benzene rings is 2. The number of amides is 1. The number of carbonyl (C=O) groups excluding carboxylic acids is 1. The highest BCUT2D eigenvalue weighted by atomic mass is 79.9. The number of hydrogen-bond acceptors (Lipinski definition) is 5. The van der Waals surface area contributed by atoms with E-state index in [0.717, 1.165) is 27.8 Å². The standard InChI is InChI=1S/C23H20BrN5O2/c24-21-4-3-20-8-18(21)12-28-6-5-27(14-23(28)30)13-19-10-26-15-29(19)11-16-1-2-17(9-25)22(7-16)31-20/h1-4,7-8,10,15H,5-6,11-14H2. The van der Waals surface area contributed by atoms with Crippen LogP contribution in [0.4, 0.5) is 0 Å². The molecule has 31 heavy (non-hydrogen) atoms. The largest absolute Gasteiger partial charge is 0.456 e. The van der Waals surface area contributed by atoms with E-state index in [2.05, 4.69) is 36.5 Å². The second-order valence-electron chi connectivity index (χ2n) is 7.84. The van der Waals surface area contributed by atoms with Gasteiger partial charge >= 0.3 is 0 Å². The van der Waals surface area contributed by atoms with Gasteiger partial charge in [0.25, 0.3) is 0 Å². The Morgan fingerprint density at radius 2 is 1.97 bits per heavy atom. The second kappa shape index (κ2) is 8.17. The van der Waals surface area contributed by atoms with E-state index in [1.165, 1.54) is 0 Å². The number of hydrogen-bond donors (Lipinski definition) is 0. The number of carbonyl (C=O) groups is 1. The molecule has 0 radical (unpaired) electrons. The van der Waals surface area contributed by atoms with Crippen molar-refractivity contribution in [3.05, 3.63) is 75.8 Å². The molecule has 1 unspecified atom stereocenters. The summed E-state index contributed by atoms with van der Waals surface area (Å²) < 4.78 is 9.13. The third-order valence-corrected chi connectivity index (χ3v) is 6.48. The van der Waals surface area contributed by atoms with Crippen LogP contribution in [0.25, 0.3) is 0 Å². The van der Waals surface area contributed by atoms with Gasteiger partial charge in [0, 0.05) is 43.4 Å². The van der Waals surface area contributed by atoms with Gasteiger partial charge in [-0.2, -0.15) is 5.26 Å². The zero-order chi connectivity index (χ0) is 21.4. The van der Waals surface area contributed by atoms with Crippen molar-refractivity contribution in [2.75, 3.05) is 19.6 Å². The van der Waals surface area contributed by atoms with Crippen LogP contribution in [0, 0.1) is 11.3 Å². The molecule has 6 rings (SSSR count). The molecule has 3 aliphatic heterocycles. The van der Waals surface area contributed by atoms with Crippen molar-refractivity contribution in [1.82, 2.24) is 19.4 Å².